The van der Waals surface area contributed by atoms with Crippen molar-refractivity contribution in [2.24, 2.45) is 5.73 Å². The first-order valence-electron chi connectivity index (χ1n) is 11.4. The van der Waals surface area contributed by atoms with Gasteiger partial charge in [-0.25, -0.2) is 4.98 Å². The van der Waals surface area contributed by atoms with Gasteiger partial charge in [0, 0.05) is 19.0 Å². The van der Waals surface area contributed by atoms with Gasteiger partial charge in [-0.15, -0.1) is 0 Å². The van der Waals surface area contributed by atoms with Gasteiger partial charge in [-0.3, -0.25) is 9.59 Å². The summed E-state index contributed by atoms with van der Waals surface area (Å²) < 4.78 is 0.618. The highest BCUT2D eigenvalue weighted by Crippen LogP contribution is 2.42. The number of rotatable bonds is 9. The number of nitrogens with one attached hydrogen (secondary N) is 1. The highest BCUT2D eigenvalue weighted by Gasteiger charge is 2.39. The SMILES string of the molecule is NC(=O)[C@@H](Cc1cccnc1Br)NC(=O)CC(c1ccccc1)(c1ccccc1)c1ccccc1. The molecule has 0 spiro atoms. The number of nitrogens with zero attached hydrogens (tertiary/aromatic N) is 1. The Labute approximate surface area is 213 Å². The van der Waals surface area contributed by atoms with Crippen LogP contribution in [0.3, 0.4) is 0 Å². The molecular formula is C29H26BrN3O2. The Balaban J connectivity index is 1.74. The molecule has 0 aliphatic carbocycles. The summed E-state index contributed by atoms with van der Waals surface area (Å²) in [4.78, 5) is 30.1. The molecular weight excluding hydrogens is 502 g/mol. The van der Waals surface area contributed by atoms with Gasteiger partial charge in [-0.1, -0.05) is 97.1 Å². The minimum absolute atomic E-state index is 0.100. The van der Waals surface area contributed by atoms with E-state index in [9.17, 15) is 9.59 Å². The fourth-order valence-electron chi connectivity index (χ4n) is 4.47. The lowest BCUT2D eigenvalue weighted by atomic mass is 9.67. The van der Waals surface area contributed by atoms with Crippen LogP contribution in [0.25, 0.3) is 0 Å². The van der Waals surface area contributed by atoms with Gasteiger partial charge in [-0.2, -0.15) is 0 Å². The number of aromatic nitrogens is 1. The summed E-state index contributed by atoms with van der Waals surface area (Å²) in [6, 6.07) is 32.7. The van der Waals surface area contributed by atoms with Crippen LogP contribution in [0, 0.1) is 0 Å². The smallest absolute Gasteiger partial charge is 0.240 e. The van der Waals surface area contributed by atoms with E-state index in [1.807, 2.05) is 97.1 Å². The first-order valence-corrected chi connectivity index (χ1v) is 12.1. The zero-order valence-corrected chi connectivity index (χ0v) is 20.7. The number of pyridine rings is 1. The van der Waals surface area contributed by atoms with Crippen LogP contribution in [0.1, 0.15) is 28.7 Å². The number of benzene rings is 3. The van der Waals surface area contributed by atoms with Crippen LogP contribution in [-0.2, 0) is 21.4 Å². The normalized spacial score (nSPS) is 12.0. The number of carbonyl (C=O) groups excluding carboxylic acids is 2. The van der Waals surface area contributed by atoms with Crippen molar-refractivity contribution in [3.8, 4) is 0 Å². The predicted molar refractivity (Wildman–Crippen MR) is 141 cm³/mol. The maximum Gasteiger partial charge on any atom is 0.240 e. The van der Waals surface area contributed by atoms with Crippen LogP contribution in [0.5, 0.6) is 0 Å². The molecule has 5 nitrogen and oxygen atoms in total. The molecule has 0 radical (unpaired) electrons. The predicted octanol–water partition coefficient (Wildman–Crippen LogP) is 4.78. The maximum atomic E-state index is 13.6. The zero-order valence-electron chi connectivity index (χ0n) is 19.1. The molecule has 35 heavy (non-hydrogen) atoms. The van der Waals surface area contributed by atoms with Crippen molar-refractivity contribution in [3.05, 3.63) is 136 Å². The molecule has 3 N–H and O–H groups in total. The van der Waals surface area contributed by atoms with Crippen LogP contribution in [0.4, 0.5) is 0 Å². The molecule has 1 aromatic heterocycles. The van der Waals surface area contributed by atoms with E-state index in [4.69, 9.17) is 5.73 Å². The molecule has 3 aromatic carbocycles. The quantitative estimate of drug-likeness (QED) is 0.242. The average molecular weight is 528 g/mol. The van der Waals surface area contributed by atoms with Crippen molar-refractivity contribution in [2.45, 2.75) is 24.3 Å². The standard InChI is InChI=1S/C29H26BrN3O2/c30-27-21(11-10-18-32-27)19-25(28(31)35)33-26(34)20-29(22-12-4-1-5-13-22,23-14-6-2-7-15-23)24-16-8-3-9-17-24/h1-18,25H,19-20H2,(H2,31,35)(H,33,34)/t25-/m1/s1. The van der Waals surface area contributed by atoms with Gasteiger partial charge in [-0.05, 0) is 44.3 Å². The Hall–Kier alpha value is -3.77. The molecule has 1 heterocycles. The fourth-order valence-corrected chi connectivity index (χ4v) is 4.89. The summed E-state index contributed by atoms with van der Waals surface area (Å²) in [6.07, 6.45) is 1.99. The lowest BCUT2D eigenvalue weighted by Gasteiger charge is -2.36. The number of nitrogens with two attached hydrogens (primary N) is 1. The average Bonchev–Trinajstić information content (AvgIpc) is 2.89. The van der Waals surface area contributed by atoms with Gasteiger partial charge in [0.2, 0.25) is 11.8 Å². The molecule has 1 atom stereocenters. The molecule has 4 aromatic rings. The first-order chi connectivity index (χ1) is 17.0. The van der Waals surface area contributed by atoms with Crippen LogP contribution in [0.15, 0.2) is 114 Å². The second kappa shape index (κ2) is 11.1. The number of primary amides is 1. The summed E-state index contributed by atoms with van der Waals surface area (Å²) >= 11 is 3.40. The Morgan fingerprint density at radius 3 is 1.71 bits per heavy atom. The zero-order chi connectivity index (χ0) is 24.7. The van der Waals surface area contributed by atoms with E-state index in [2.05, 4.69) is 26.2 Å². The third-order valence-electron chi connectivity index (χ3n) is 6.16. The lowest BCUT2D eigenvalue weighted by molar-refractivity contribution is -0.127. The van der Waals surface area contributed by atoms with E-state index < -0.39 is 17.4 Å². The van der Waals surface area contributed by atoms with Crippen LogP contribution in [-0.4, -0.2) is 22.8 Å². The van der Waals surface area contributed by atoms with E-state index in [0.717, 1.165) is 22.3 Å². The van der Waals surface area contributed by atoms with Gasteiger partial charge in [0.25, 0.3) is 0 Å². The van der Waals surface area contributed by atoms with Crippen molar-refractivity contribution >= 4 is 27.7 Å². The maximum absolute atomic E-state index is 13.6. The Bertz CT molecular complexity index is 1180. The van der Waals surface area contributed by atoms with Gasteiger partial charge in [0.15, 0.2) is 0 Å². The molecule has 0 aliphatic heterocycles. The Morgan fingerprint density at radius 2 is 1.29 bits per heavy atom. The molecule has 0 saturated heterocycles. The second-order valence-electron chi connectivity index (χ2n) is 8.36. The van der Waals surface area contributed by atoms with Crippen LogP contribution >= 0.6 is 15.9 Å². The van der Waals surface area contributed by atoms with Crippen molar-refractivity contribution in [3.63, 3.8) is 0 Å². The molecule has 0 fully saturated rings. The van der Waals surface area contributed by atoms with Gasteiger partial charge < -0.3 is 11.1 Å². The van der Waals surface area contributed by atoms with Crippen molar-refractivity contribution in [2.75, 3.05) is 0 Å². The second-order valence-corrected chi connectivity index (χ2v) is 9.11. The summed E-state index contributed by atoms with van der Waals surface area (Å²) in [7, 11) is 0. The van der Waals surface area contributed by atoms with Gasteiger partial charge in [0.1, 0.15) is 10.6 Å². The third-order valence-corrected chi connectivity index (χ3v) is 6.88. The van der Waals surface area contributed by atoms with Crippen LogP contribution in [0.2, 0.25) is 0 Å². The lowest BCUT2D eigenvalue weighted by Crippen LogP contribution is -2.48. The molecule has 0 saturated carbocycles. The number of amides is 2. The largest absolute Gasteiger partial charge is 0.368 e. The Kier molecular flexibility index (Phi) is 7.73. The summed E-state index contributed by atoms with van der Waals surface area (Å²) in [5, 5.41) is 2.89. The first kappa shape index (κ1) is 24.4. The van der Waals surface area contributed by atoms with Gasteiger partial charge in [0.05, 0.1) is 5.41 Å². The van der Waals surface area contributed by atoms with E-state index in [1.165, 1.54) is 0 Å². The molecule has 176 valence electrons. The van der Waals surface area contributed by atoms with Crippen molar-refractivity contribution in [1.29, 1.82) is 0 Å². The number of hydrogen-bond donors (Lipinski definition) is 2. The fraction of sp³-hybridized carbons (Fsp3) is 0.138. The summed E-state index contributed by atoms with van der Waals surface area (Å²) in [6.45, 7) is 0. The molecule has 6 heteroatoms. The number of halogens is 1. The minimum atomic E-state index is -0.872. The highest BCUT2D eigenvalue weighted by molar-refractivity contribution is 9.10. The van der Waals surface area contributed by atoms with E-state index >= 15 is 0 Å². The van der Waals surface area contributed by atoms with Crippen molar-refractivity contribution < 1.29 is 9.59 Å². The van der Waals surface area contributed by atoms with Crippen molar-refractivity contribution in [1.82, 2.24) is 10.3 Å². The summed E-state index contributed by atoms with van der Waals surface area (Å²) in [5.74, 6) is -0.871. The molecule has 0 aliphatic rings. The summed E-state index contributed by atoms with van der Waals surface area (Å²) in [5.41, 5.74) is 8.67. The van der Waals surface area contributed by atoms with E-state index in [0.29, 0.717) is 4.60 Å². The van der Waals surface area contributed by atoms with Gasteiger partial charge >= 0.3 is 0 Å². The Morgan fingerprint density at radius 1 is 0.800 bits per heavy atom. The number of hydrogen-bond acceptors (Lipinski definition) is 3. The molecule has 4 rings (SSSR count). The topological polar surface area (TPSA) is 85.1 Å². The minimum Gasteiger partial charge on any atom is -0.368 e. The third kappa shape index (κ3) is 5.49. The van der Waals surface area contributed by atoms with E-state index in [-0.39, 0.29) is 18.7 Å². The number of carbonyl (C=O) groups is 2. The van der Waals surface area contributed by atoms with Crippen LogP contribution < -0.4 is 11.1 Å². The van der Waals surface area contributed by atoms with E-state index in [1.54, 1.807) is 12.3 Å². The molecule has 0 bridgehead atoms. The molecule has 2 amide bonds. The molecule has 0 unspecified atom stereocenters. The monoisotopic (exact) mass is 527 g/mol. The highest BCUT2D eigenvalue weighted by atomic mass is 79.9.